The molecule has 17 saturated carbocycles. The van der Waals surface area contributed by atoms with Crippen LogP contribution in [0.1, 0.15) is 673 Å². The molecule has 0 nitrogen and oxygen atoms in total. The zero-order valence-corrected chi connectivity index (χ0v) is 100. The van der Waals surface area contributed by atoms with Gasteiger partial charge in [0.2, 0.25) is 0 Å². The van der Waals surface area contributed by atoms with Gasteiger partial charge < -0.3 is 0 Å². The van der Waals surface area contributed by atoms with Crippen LogP contribution < -0.4 is 0 Å². The molecule has 17 rings (SSSR count). The van der Waals surface area contributed by atoms with Crippen LogP contribution in [0.5, 0.6) is 0 Å². The van der Waals surface area contributed by atoms with E-state index in [2.05, 4.69) is 166 Å². The van der Waals surface area contributed by atoms with Crippen LogP contribution in [-0.4, -0.2) is 0 Å². The summed E-state index contributed by atoms with van der Waals surface area (Å²) in [5.74, 6) is 35.9. The van der Waals surface area contributed by atoms with E-state index in [0.29, 0.717) is 10.8 Å². The molecule has 0 amide bonds. The highest BCUT2D eigenvalue weighted by Gasteiger charge is 2.43. The molecule has 0 radical (unpaired) electrons. The summed E-state index contributed by atoms with van der Waals surface area (Å²) < 4.78 is 0. The van der Waals surface area contributed by atoms with Crippen molar-refractivity contribution in [2.45, 2.75) is 673 Å². The van der Waals surface area contributed by atoms with E-state index in [9.17, 15) is 0 Å². The summed E-state index contributed by atoms with van der Waals surface area (Å²) >= 11 is 0. The quantitative estimate of drug-likeness (QED) is 0.107. The van der Waals surface area contributed by atoms with Gasteiger partial charge >= 0.3 is 0 Å². The third-order valence-electron chi connectivity index (χ3n) is 46.7. The first kappa shape index (κ1) is 124. The molecule has 0 bridgehead atoms. The molecule has 4 unspecified atom stereocenters. The fourth-order valence-corrected chi connectivity index (χ4v) is 33.9. The van der Waals surface area contributed by atoms with Crippen molar-refractivity contribution in [1.82, 2.24) is 0 Å². The lowest BCUT2D eigenvalue weighted by atomic mass is 9.59. The van der Waals surface area contributed by atoms with Gasteiger partial charge in [-0.2, -0.15) is 0 Å². The molecule has 17 aliphatic carbocycles. The molecule has 0 spiro atoms. The van der Waals surface area contributed by atoms with Gasteiger partial charge in [0, 0.05) is 0 Å². The first-order valence-corrected chi connectivity index (χ1v) is 66.9. The lowest BCUT2D eigenvalue weighted by molar-refractivity contribution is 0.0381. The van der Waals surface area contributed by atoms with Crippen LogP contribution in [-0.2, 0) is 0 Å². The molecule has 0 aliphatic heterocycles. The van der Waals surface area contributed by atoms with Crippen molar-refractivity contribution in [1.29, 1.82) is 0 Å². The van der Waals surface area contributed by atoms with Gasteiger partial charge in [0.05, 0.1) is 0 Å². The largest absolute Gasteiger partial charge is 0.0654 e. The molecule has 820 valence electrons. The minimum absolute atomic E-state index is 0.609. The van der Waals surface area contributed by atoms with Crippen molar-refractivity contribution >= 4 is 0 Å². The Morgan fingerprint density at radius 1 is 0.137 bits per heavy atom. The fourth-order valence-electron chi connectivity index (χ4n) is 33.9. The predicted octanol–water partition coefficient (Wildman–Crippen LogP) is 47.3. The number of hydrogen-bond acceptors (Lipinski definition) is 0. The first-order chi connectivity index (χ1) is 66.9. The minimum Gasteiger partial charge on any atom is -0.0654 e. The molecule has 0 aromatic rings. The zero-order chi connectivity index (χ0) is 100. The lowest BCUT2D eigenvalue weighted by Crippen LogP contribution is -2.37. The Balaban J connectivity index is 0.000000191. The average Bonchev–Trinajstić information content (AvgIpc) is 0.799. The maximum atomic E-state index is 2.60. The van der Waals surface area contributed by atoms with Gasteiger partial charge in [-0.1, -0.05) is 532 Å². The highest BCUT2D eigenvalue weighted by Crippen LogP contribution is 2.55. The average molecular weight is 1940 g/mol. The predicted molar refractivity (Wildman–Crippen MR) is 624 cm³/mol. The summed E-state index contributed by atoms with van der Waals surface area (Å²) in [5.41, 5.74) is 1.22. The van der Waals surface area contributed by atoms with Crippen molar-refractivity contribution in [3.63, 3.8) is 0 Å². The smallest absolute Gasteiger partial charge is 0.0298 e. The molecular formula is C139H264. The highest BCUT2D eigenvalue weighted by atomic mass is 14.5. The van der Waals surface area contributed by atoms with Gasteiger partial charge in [0.15, 0.2) is 0 Å². The Morgan fingerprint density at radius 3 is 0.475 bits per heavy atom. The first-order valence-electron chi connectivity index (χ1n) is 66.9. The highest BCUT2D eigenvalue weighted by molar-refractivity contribution is 4.94. The molecule has 139 heavy (non-hydrogen) atoms. The third kappa shape index (κ3) is 47.4. The van der Waals surface area contributed by atoms with Crippen LogP contribution in [0.15, 0.2) is 0 Å². The molecule has 17 fully saturated rings. The van der Waals surface area contributed by atoms with E-state index >= 15 is 0 Å². The normalized spacial score (nSPS) is 40.1. The van der Waals surface area contributed by atoms with E-state index in [4.69, 9.17) is 0 Å². The van der Waals surface area contributed by atoms with Crippen LogP contribution in [0.2, 0.25) is 0 Å². The van der Waals surface area contributed by atoms with Crippen LogP contribution in [0.4, 0.5) is 0 Å². The Bertz CT molecular complexity index is 2630. The Kier molecular flexibility index (Phi) is 62.1. The Morgan fingerprint density at radius 2 is 0.266 bits per heavy atom. The van der Waals surface area contributed by atoms with Gasteiger partial charge in [0.1, 0.15) is 0 Å². The molecule has 0 N–H and O–H groups in total. The number of rotatable bonds is 21. The van der Waals surface area contributed by atoms with E-state index in [1.165, 1.54) is 417 Å². The lowest BCUT2D eigenvalue weighted by Gasteiger charge is -2.46. The molecule has 0 aromatic carbocycles. The molecule has 17 aliphatic rings. The molecule has 0 heterocycles. The molecular weight excluding hydrogens is 1670 g/mol. The van der Waals surface area contributed by atoms with E-state index < -0.39 is 0 Å². The van der Waals surface area contributed by atoms with Crippen molar-refractivity contribution < 1.29 is 0 Å². The second-order valence-electron chi connectivity index (χ2n) is 58.3. The topological polar surface area (TPSA) is 0 Å². The summed E-state index contributed by atoms with van der Waals surface area (Å²) in [6.45, 7) is 58.1. The third-order valence-corrected chi connectivity index (χ3v) is 46.7. The summed E-state index contributed by atoms with van der Waals surface area (Å²) in [7, 11) is 0. The van der Waals surface area contributed by atoms with Crippen molar-refractivity contribution in [3.8, 4) is 0 Å². The summed E-state index contributed by atoms with van der Waals surface area (Å²) in [4.78, 5) is 0. The van der Waals surface area contributed by atoms with E-state index in [0.717, 1.165) is 201 Å². The Hall–Kier alpha value is 0. The summed E-state index contributed by atoms with van der Waals surface area (Å²) in [6, 6.07) is 0. The zero-order valence-electron chi connectivity index (χ0n) is 100. The number of fused-ring (bicyclic) bond motifs is 1. The van der Waals surface area contributed by atoms with E-state index in [1.807, 2.05) is 0 Å². The van der Waals surface area contributed by atoms with Gasteiger partial charge in [-0.3, -0.25) is 0 Å². The second-order valence-corrected chi connectivity index (χ2v) is 58.3. The monoisotopic (exact) mass is 1930 g/mol. The summed E-state index contributed by atoms with van der Waals surface area (Å²) in [6.07, 6.45) is 119. The Labute approximate surface area is 879 Å². The molecule has 0 saturated heterocycles. The maximum Gasteiger partial charge on any atom is -0.0298 e. The van der Waals surface area contributed by atoms with Crippen LogP contribution in [0.3, 0.4) is 0 Å². The SMILES string of the molecule is CC1CCC(C(C)(C)C2CCC(C)CC2)CC1.CC1CCC(C)CC1.CC1CCC(C2CCC(C)CC2)CC1.CC1CCC(CC2CCC(C)CC2)CC1.CC1CCC2CC(C)CCC2C1.CCC1CCC(C(C)(C)C2CCC(CC)CC2)CC1.CCC1CCC(C)CC1.CCC1CCC(C2CCC(CC)CC2)CC1.CCC1CCC(CC2CCC(CC)CC2)CC1.CCCC1CCC(CCC)CC1. The van der Waals surface area contributed by atoms with Gasteiger partial charge in [-0.25, -0.2) is 0 Å². The maximum absolute atomic E-state index is 2.60. The van der Waals surface area contributed by atoms with Crippen molar-refractivity contribution in [2.24, 2.45) is 212 Å². The van der Waals surface area contributed by atoms with Crippen LogP contribution in [0.25, 0.3) is 0 Å². The second kappa shape index (κ2) is 69.5. The molecule has 0 aromatic heterocycles. The van der Waals surface area contributed by atoms with Gasteiger partial charge in [0.25, 0.3) is 0 Å². The van der Waals surface area contributed by atoms with Crippen molar-refractivity contribution in [2.75, 3.05) is 0 Å². The van der Waals surface area contributed by atoms with Gasteiger partial charge in [-0.05, 0) is 353 Å². The minimum atomic E-state index is 0.609. The van der Waals surface area contributed by atoms with Crippen LogP contribution >= 0.6 is 0 Å². The van der Waals surface area contributed by atoms with Gasteiger partial charge in [-0.15, -0.1) is 0 Å². The van der Waals surface area contributed by atoms with E-state index in [1.54, 1.807) is 89.9 Å². The van der Waals surface area contributed by atoms with E-state index in [-0.39, 0.29) is 0 Å². The standard InChI is InChI=1S/C19H36.2C17H32.C16H30.C15H28.C14H26.C12H22.C12H24.C9H18.C8H16/c1-5-15-7-11-17(12-8-15)19(3,4)18-13-9-16(6-2)10-14-18;1-13-5-9-15(10-6-13)17(3,4)16-11-7-14(2)8-12-16;1-3-14-5-9-16(10-6-14)13-17-11-7-15(4-2)8-12-17;1-3-13-5-9-15(10-6-13)16-11-7-14(4-2)8-12-16;1-12-3-7-14(8-4-12)11-15-9-5-13(2)6-10-15;1-11-3-7-13(8-4-11)14-9-5-12(2)6-10-14;1-9-3-5-12-8-10(2)4-6-11(12)7-9;1-3-5-11-7-9-12(6-4-2)10-8-11;1-3-9-6-4-8(2)5-7-9;1-7-3-5-8(2)6-4-7/h15-18H,5-14H2,1-4H3;13-16H,5-12H2,1-4H3;14-17H,3-13H2,1-2H3;13-16H,3-12H2,1-2H3;12-15H,3-11H2,1-2H3;11-14H,3-10H2,1-2H3;9-12H,3-8H2,1-2H3;11-12H,3-10H2,1-2H3;8-9H,3-7H2,1-2H3;7-8H,3-6H2,1-2H3. The molecule has 0 heteroatoms. The van der Waals surface area contributed by atoms with Crippen LogP contribution in [0, 0.1) is 212 Å². The summed E-state index contributed by atoms with van der Waals surface area (Å²) in [5, 5.41) is 0. The fraction of sp³-hybridized carbons (Fsp3) is 1.00. The molecule has 4 atom stereocenters. The number of hydrogen-bond donors (Lipinski definition) is 0. The van der Waals surface area contributed by atoms with Crippen molar-refractivity contribution in [3.05, 3.63) is 0 Å².